The van der Waals surface area contributed by atoms with Crippen molar-refractivity contribution in [3.05, 3.63) is 46.8 Å². The molecule has 1 aromatic rings. The molecular weight excluding hydrogens is 299 g/mol. The summed E-state index contributed by atoms with van der Waals surface area (Å²) in [5, 5.41) is 1.03. The number of halogens is 1. The normalized spacial score (nSPS) is 25.2. The maximum Gasteiger partial charge on any atom is 0.188 e. The van der Waals surface area contributed by atoms with Gasteiger partial charge in [-0.25, -0.2) is 4.39 Å². The van der Waals surface area contributed by atoms with Crippen molar-refractivity contribution in [1.82, 2.24) is 9.80 Å². The van der Waals surface area contributed by atoms with E-state index in [2.05, 4.69) is 9.80 Å². The number of fused-ring (bicyclic) bond motifs is 4. The molecule has 0 aliphatic carbocycles. The van der Waals surface area contributed by atoms with E-state index in [1.807, 2.05) is 6.26 Å². The molecule has 118 valence electrons. The third kappa shape index (κ3) is 3.36. The number of carbonyl (C=O) groups excluding carboxylic acids is 1. The monoisotopic (exact) mass is 320 g/mol. The minimum absolute atomic E-state index is 0.0524. The van der Waals surface area contributed by atoms with E-state index in [1.54, 1.807) is 30.0 Å². The van der Waals surface area contributed by atoms with Crippen molar-refractivity contribution >= 4 is 17.5 Å². The fourth-order valence-electron chi connectivity index (χ4n) is 3.25. The molecule has 0 spiro atoms. The third-order valence-corrected chi connectivity index (χ3v) is 5.30. The SMILES string of the molecule is CS/C(=C\C(=O)c1ccc(F)cc1)N1CCN2CCC1CC2. The number of carbonyl (C=O) groups is 1. The van der Waals surface area contributed by atoms with Crippen molar-refractivity contribution in [3.63, 3.8) is 0 Å². The number of benzene rings is 1. The van der Waals surface area contributed by atoms with Crippen LogP contribution in [0.1, 0.15) is 23.2 Å². The highest BCUT2D eigenvalue weighted by atomic mass is 32.2. The molecule has 3 nitrogen and oxygen atoms in total. The highest BCUT2D eigenvalue weighted by molar-refractivity contribution is 8.02. The molecule has 0 aromatic heterocycles. The highest BCUT2D eigenvalue weighted by Gasteiger charge is 2.30. The van der Waals surface area contributed by atoms with Crippen molar-refractivity contribution in [1.29, 1.82) is 0 Å². The molecular formula is C17H21FN2OS. The minimum atomic E-state index is -0.316. The first kappa shape index (κ1) is 15.6. The lowest BCUT2D eigenvalue weighted by Gasteiger charge is -2.33. The summed E-state index contributed by atoms with van der Waals surface area (Å²) in [5.74, 6) is -0.368. The van der Waals surface area contributed by atoms with E-state index in [9.17, 15) is 9.18 Å². The number of hydrogen-bond donors (Lipinski definition) is 0. The number of ketones is 1. The van der Waals surface area contributed by atoms with Crippen LogP contribution >= 0.6 is 11.8 Å². The molecule has 5 heteroatoms. The molecule has 3 aliphatic rings. The van der Waals surface area contributed by atoms with Crippen LogP contribution in [-0.4, -0.2) is 54.1 Å². The summed E-state index contributed by atoms with van der Waals surface area (Å²) in [4.78, 5) is 17.3. The minimum Gasteiger partial charge on any atom is -0.362 e. The summed E-state index contributed by atoms with van der Waals surface area (Å²) in [6, 6.07) is 6.30. The van der Waals surface area contributed by atoms with E-state index in [4.69, 9.17) is 0 Å². The van der Waals surface area contributed by atoms with Crippen molar-refractivity contribution in [2.24, 2.45) is 0 Å². The number of allylic oxidation sites excluding steroid dienone is 1. The van der Waals surface area contributed by atoms with Gasteiger partial charge in [-0.15, -0.1) is 11.8 Å². The number of piperidine rings is 1. The Labute approximate surface area is 135 Å². The smallest absolute Gasteiger partial charge is 0.188 e. The lowest BCUT2D eigenvalue weighted by atomic mass is 10.1. The number of thioether (sulfide) groups is 1. The van der Waals surface area contributed by atoms with Gasteiger partial charge in [0.15, 0.2) is 5.78 Å². The Morgan fingerprint density at radius 1 is 1.18 bits per heavy atom. The van der Waals surface area contributed by atoms with Crippen LogP contribution in [-0.2, 0) is 0 Å². The van der Waals surface area contributed by atoms with Gasteiger partial charge in [0, 0.05) is 43.9 Å². The molecule has 3 saturated heterocycles. The van der Waals surface area contributed by atoms with Crippen LogP contribution in [0.5, 0.6) is 0 Å². The molecule has 0 unspecified atom stereocenters. The molecule has 4 rings (SSSR count). The quantitative estimate of drug-likeness (QED) is 0.628. The van der Waals surface area contributed by atoms with E-state index in [1.165, 1.54) is 25.0 Å². The van der Waals surface area contributed by atoms with E-state index in [0.717, 1.165) is 31.2 Å². The molecule has 2 bridgehead atoms. The van der Waals surface area contributed by atoms with Crippen LogP contribution in [0.15, 0.2) is 35.4 Å². The predicted octanol–water partition coefficient (Wildman–Crippen LogP) is 2.99. The summed E-state index contributed by atoms with van der Waals surface area (Å²) >= 11 is 1.62. The van der Waals surface area contributed by atoms with Crippen LogP contribution in [0.25, 0.3) is 0 Å². The third-order valence-electron chi connectivity index (χ3n) is 4.53. The second-order valence-electron chi connectivity index (χ2n) is 5.82. The van der Waals surface area contributed by atoms with Crippen LogP contribution in [0.4, 0.5) is 4.39 Å². The average molecular weight is 320 g/mol. The molecule has 3 aliphatic heterocycles. The Morgan fingerprint density at radius 3 is 2.50 bits per heavy atom. The summed E-state index contributed by atoms with van der Waals surface area (Å²) in [7, 11) is 0. The van der Waals surface area contributed by atoms with Gasteiger partial charge in [-0.1, -0.05) is 0 Å². The van der Waals surface area contributed by atoms with Gasteiger partial charge in [0.05, 0.1) is 5.03 Å². The lowest BCUT2D eigenvalue weighted by molar-refractivity contribution is 0.104. The average Bonchev–Trinajstić information content (AvgIpc) is 2.87. The van der Waals surface area contributed by atoms with Gasteiger partial charge in [0.25, 0.3) is 0 Å². The van der Waals surface area contributed by atoms with Gasteiger partial charge in [-0.3, -0.25) is 4.79 Å². The van der Waals surface area contributed by atoms with Gasteiger partial charge in [0.1, 0.15) is 5.82 Å². The Bertz CT molecular complexity index is 565. The Kier molecular flexibility index (Phi) is 4.84. The second-order valence-corrected chi connectivity index (χ2v) is 6.65. The molecule has 0 atom stereocenters. The van der Waals surface area contributed by atoms with Gasteiger partial charge in [0.2, 0.25) is 0 Å². The summed E-state index contributed by atoms with van der Waals surface area (Å²) in [6.45, 7) is 4.37. The first-order valence-electron chi connectivity index (χ1n) is 7.72. The maximum atomic E-state index is 13.0. The van der Waals surface area contributed by atoms with Crippen LogP contribution in [0.2, 0.25) is 0 Å². The van der Waals surface area contributed by atoms with E-state index in [-0.39, 0.29) is 11.6 Å². The number of nitrogens with zero attached hydrogens (tertiary/aromatic N) is 2. The summed E-state index contributed by atoms with van der Waals surface area (Å²) < 4.78 is 13.0. The molecule has 3 fully saturated rings. The fourth-order valence-corrected chi connectivity index (χ4v) is 3.94. The van der Waals surface area contributed by atoms with Crippen molar-refractivity contribution in [3.8, 4) is 0 Å². The van der Waals surface area contributed by atoms with E-state index < -0.39 is 0 Å². The molecule has 3 heterocycles. The van der Waals surface area contributed by atoms with Gasteiger partial charge in [-0.05, 0) is 43.4 Å². The zero-order valence-corrected chi connectivity index (χ0v) is 13.6. The number of hydrogen-bond acceptors (Lipinski definition) is 4. The summed E-state index contributed by atoms with van der Waals surface area (Å²) in [5.41, 5.74) is 0.538. The highest BCUT2D eigenvalue weighted by Crippen LogP contribution is 2.29. The van der Waals surface area contributed by atoms with Gasteiger partial charge in [-0.2, -0.15) is 0 Å². The van der Waals surface area contributed by atoms with Crippen molar-refractivity contribution in [2.75, 3.05) is 32.4 Å². The largest absolute Gasteiger partial charge is 0.362 e. The predicted molar refractivity (Wildman–Crippen MR) is 88.5 cm³/mol. The topological polar surface area (TPSA) is 23.6 Å². The molecule has 1 aromatic carbocycles. The van der Waals surface area contributed by atoms with E-state index in [0.29, 0.717) is 11.6 Å². The standard InChI is InChI=1S/C17H21FN2OS/c1-22-17(12-16(21)13-2-4-14(18)5-3-13)20-11-10-19-8-6-15(20)7-9-19/h2-5,12,15H,6-11H2,1H3/b17-12-. The molecule has 0 radical (unpaired) electrons. The maximum absolute atomic E-state index is 13.0. The second kappa shape index (κ2) is 6.84. The fraction of sp³-hybridized carbons (Fsp3) is 0.471. The van der Waals surface area contributed by atoms with E-state index >= 15 is 0 Å². The van der Waals surface area contributed by atoms with Crippen LogP contribution in [0, 0.1) is 5.82 Å². The molecule has 22 heavy (non-hydrogen) atoms. The van der Waals surface area contributed by atoms with Gasteiger partial charge < -0.3 is 9.80 Å². The number of rotatable bonds is 4. The van der Waals surface area contributed by atoms with Crippen LogP contribution < -0.4 is 0 Å². The first-order chi connectivity index (χ1) is 10.7. The Morgan fingerprint density at radius 2 is 1.86 bits per heavy atom. The van der Waals surface area contributed by atoms with Crippen molar-refractivity contribution in [2.45, 2.75) is 18.9 Å². The zero-order valence-electron chi connectivity index (χ0n) is 12.8. The van der Waals surface area contributed by atoms with Crippen LogP contribution in [0.3, 0.4) is 0 Å². The molecule has 0 amide bonds. The molecule has 0 N–H and O–H groups in total. The molecule has 0 saturated carbocycles. The summed E-state index contributed by atoms with van der Waals surface area (Å²) in [6.07, 6.45) is 6.07. The Hall–Kier alpha value is -1.33. The zero-order chi connectivity index (χ0) is 15.5. The Balaban J connectivity index is 1.80. The van der Waals surface area contributed by atoms with Gasteiger partial charge >= 0.3 is 0 Å². The first-order valence-corrected chi connectivity index (χ1v) is 8.94. The van der Waals surface area contributed by atoms with Crippen molar-refractivity contribution < 1.29 is 9.18 Å². The lowest BCUT2D eigenvalue weighted by Crippen LogP contribution is -2.37.